The third-order valence-corrected chi connectivity index (χ3v) is 1.45. The number of hydrogen-bond acceptors (Lipinski definition) is 3. The van der Waals surface area contributed by atoms with Gasteiger partial charge in [-0.15, -0.1) is 0 Å². The van der Waals surface area contributed by atoms with Crippen LogP contribution < -0.4 is 5.73 Å². The van der Waals surface area contributed by atoms with Crippen molar-refractivity contribution in [3.63, 3.8) is 0 Å². The van der Waals surface area contributed by atoms with Crippen LogP contribution in [0.25, 0.3) is 0 Å². The van der Waals surface area contributed by atoms with E-state index < -0.39 is 6.55 Å². The van der Waals surface area contributed by atoms with Gasteiger partial charge in [-0.1, -0.05) is 0 Å². The van der Waals surface area contributed by atoms with Crippen molar-refractivity contribution in [2.45, 2.75) is 13.2 Å². The molecule has 1 heterocycles. The maximum absolute atomic E-state index is 12.2. The SMILES string of the molecule is NCCOCc1nccn1C(F)F. The first kappa shape index (κ1) is 10.1. The average molecular weight is 191 g/mol. The van der Waals surface area contributed by atoms with Gasteiger partial charge in [0.1, 0.15) is 12.4 Å². The second kappa shape index (κ2) is 4.88. The van der Waals surface area contributed by atoms with Crippen LogP contribution in [-0.4, -0.2) is 22.7 Å². The normalized spacial score (nSPS) is 11.1. The third-order valence-electron chi connectivity index (χ3n) is 1.45. The Balaban J connectivity index is 2.50. The van der Waals surface area contributed by atoms with Crippen LogP contribution in [0.5, 0.6) is 0 Å². The minimum atomic E-state index is -2.57. The summed E-state index contributed by atoms with van der Waals surface area (Å²) in [6.45, 7) is -1.79. The number of nitrogens with zero attached hydrogens (tertiary/aromatic N) is 2. The van der Waals surface area contributed by atoms with Crippen LogP contribution in [0.2, 0.25) is 0 Å². The smallest absolute Gasteiger partial charge is 0.320 e. The number of hydrogen-bond donors (Lipinski definition) is 1. The Hall–Kier alpha value is -1.01. The molecule has 0 aliphatic heterocycles. The van der Waals surface area contributed by atoms with Crippen LogP contribution in [0.1, 0.15) is 12.4 Å². The monoisotopic (exact) mass is 191 g/mol. The van der Waals surface area contributed by atoms with Crippen molar-refractivity contribution in [2.75, 3.05) is 13.2 Å². The van der Waals surface area contributed by atoms with Crippen LogP contribution in [0.4, 0.5) is 8.78 Å². The molecule has 13 heavy (non-hydrogen) atoms. The highest BCUT2D eigenvalue weighted by atomic mass is 19.3. The van der Waals surface area contributed by atoms with E-state index in [1.807, 2.05) is 0 Å². The third kappa shape index (κ3) is 2.74. The van der Waals surface area contributed by atoms with Gasteiger partial charge in [-0.3, -0.25) is 4.57 Å². The summed E-state index contributed by atoms with van der Waals surface area (Å²) in [4.78, 5) is 3.73. The van der Waals surface area contributed by atoms with Crippen molar-refractivity contribution in [1.82, 2.24) is 9.55 Å². The molecule has 1 aromatic heterocycles. The highest BCUT2D eigenvalue weighted by molar-refractivity contribution is 4.90. The summed E-state index contributed by atoms with van der Waals surface area (Å²) in [6.07, 6.45) is 2.53. The minimum Gasteiger partial charge on any atom is -0.372 e. The van der Waals surface area contributed by atoms with Crippen molar-refractivity contribution in [3.05, 3.63) is 18.2 Å². The highest BCUT2D eigenvalue weighted by Gasteiger charge is 2.10. The lowest BCUT2D eigenvalue weighted by Gasteiger charge is -2.05. The van der Waals surface area contributed by atoms with Gasteiger partial charge in [-0.25, -0.2) is 4.98 Å². The molecule has 1 aromatic rings. The second-order valence-electron chi connectivity index (χ2n) is 2.37. The molecule has 0 bridgehead atoms. The van der Waals surface area contributed by atoms with E-state index in [4.69, 9.17) is 10.5 Å². The van der Waals surface area contributed by atoms with Gasteiger partial charge < -0.3 is 10.5 Å². The lowest BCUT2D eigenvalue weighted by atomic mass is 10.6. The van der Waals surface area contributed by atoms with Gasteiger partial charge in [0.2, 0.25) is 0 Å². The van der Waals surface area contributed by atoms with E-state index in [-0.39, 0.29) is 12.4 Å². The summed E-state index contributed by atoms with van der Waals surface area (Å²) >= 11 is 0. The Bertz CT molecular complexity index is 252. The van der Waals surface area contributed by atoms with Crippen LogP contribution in [0, 0.1) is 0 Å². The van der Waals surface area contributed by atoms with Gasteiger partial charge in [0.25, 0.3) is 0 Å². The van der Waals surface area contributed by atoms with E-state index in [0.29, 0.717) is 13.2 Å². The molecule has 0 saturated heterocycles. The predicted octanol–water partition coefficient (Wildman–Crippen LogP) is 0.753. The zero-order valence-corrected chi connectivity index (χ0v) is 6.99. The molecule has 74 valence electrons. The molecule has 4 nitrogen and oxygen atoms in total. The van der Waals surface area contributed by atoms with Gasteiger partial charge >= 0.3 is 6.55 Å². The Morgan fingerprint density at radius 3 is 3.00 bits per heavy atom. The number of rotatable bonds is 5. The maximum atomic E-state index is 12.2. The van der Waals surface area contributed by atoms with E-state index in [2.05, 4.69) is 4.98 Å². The van der Waals surface area contributed by atoms with Crippen molar-refractivity contribution in [3.8, 4) is 0 Å². The molecule has 1 rings (SSSR count). The molecule has 0 atom stereocenters. The van der Waals surface area contributed by atoms with E-state index in [9.17, 15) is 8.78 Å². The van der Waals surface area contributed by atoms with Crippen LogP contribution in [-0.2, 0) is 11.3 Å². The largest absolute Gasteiger partial charge is 0.372 e. The van der Waals surface area contributed by atoms with Gasteiger partial charge in [-0.05, 0) is 0 Å². The number of halogens is 2. The number of ether oxygens (including phenoxy) is 1. The molecular formula is C7H11F2N3O. The first-order chi connectivity index (χ1) is 6.25. The Labute approximate surface area is 74.3 Å². The molecule has 0 spiro atoms. The Kier molecular flexibility index (Phi) is 3.78. The fourth-order valence-electron chi connectivity index (χ4n) is 0.880. The molecule has 0 aliphatic carbocycles. The lowest BCUT2D eigenvalue weighted by molar-refractivity contribution is 0.0534. The first-order valence-corrected chi connectivity index (χ1v) is 3.83. The number of nitrogens with two attached hydrogens (primary N) is 1. The first-order valence-electron chi connectivity index (χ1n) is 3.83. The Morgan fingerprint density at radius 2 is 2.38 bits per heavy atom. The summed E-state index contributed by atoms with van der Waals surface area (Å²) in [5, 5.41) is 0. The van der Waals surface area contributed by atoms with E-state index in [1.165, 1.54) is 12.4 Å². The number of imidazole rings is 1. The standard InChI is InChI=1S/C7H11F2N3O/c8-7(9)12-3-2-11-6(12)5-13-4-1-10/h2-3,7H,1,4-5,10H2. The van der Waals surface area contributed by atoms with Crippen LogP contribution >= 0.6 is 0 Å². The average Bonchev–Trinajstić information content (AvgIpc) is 2.53. The van der Waals surface area contributed by atoms with Crippen molar-refractivity contribution in [1.29, 1.82) is 0 Å². The zero-order valence-electron chi connectivity index (χ0n) is 6.99. The summed E-state index contributed by atoms with van der Waals surface area (Å²) in [6, 6.07) is 0. The van der Waals surface area contributed by atoms with Crippen molar-refractivity contribution in [2.24, 2.45) is 5.73 Å². The molecule has 0 saturated carbocycles. The van der Waals surface area contributed by atoms with Gasteiger partial charge in [0.05, 0.1) is 6.61 Å². The number of aromatic nitrogens is 2. The molecule has 0 aromatic carbocycles. The summed E-state index contributed by atoms with van der Waals surface area (Å²) in [7, 11) is 0. The molecule has 0 radical (unpaired) electrons. The van der Waals surface area contributed by atoms with Crippen molar-refractivity contribution < 1.29 is 13.5 Å². The fraction of sp³-hybridized carbons (Fsp3) is 0.571. The van der Waals surface area contributed by atoms with E-state index >= 15 is 0 Å². The molecular weight excluding hydrogens is 180 g/mol. The zero-order chi connectivity index (χ0) is 9.68. The molecule has 0 amide bonds. The highest BCUT2D eigenvalue weighted by Crippen LogP contribution is 2.12. The quantitative estimate of drug-likeness (QED) is 0.699. The molecule has 0 unspecified atom stereocenters. The minimum absolute atomic E-state index is 0.0640. The van der Waals surface area contributed by atoms with Gasteiger partial charge in [0.15, 0.2) is 0 Å². The van der Waals surface area contributed by atoms with E-state index in [0.717, 1.165) is 4.57 Å². The Morgan fingerprint density at radius 1 is 1.62 bits per heavy atom. The topological polar surface area (TPSA) is 53.1 Å². The molecule has 0 fully saturated rings. The summed E-state index contributed by atoms with van der Waals surface area (Å²) in [5.74, 6) is 0.212. The van der Waals surface area contributed by atoms with Gasteiger partial charge in [-0.2, -0.15) is 8.78 Å². The molecule has 0 aliphatic rings. The van der Waals surface area contributed by atoms with Gasteiger partial charge in [0, 0.05) is 18.9 Å². The second-order valence-corrected chi connectivity index (χ2v) is 2.37. The van der Waals surface area contributed by atoms with Crippen LogP contribution in [0.15, 0.2) is 12.4 Å². The number of alkyl halides is 2. The van der Waals surface area contributed by atoms with E-state index in [1.54, 1.807) is 0 Å². The molecule has 6 heteroatoms. The van der Waals surface area contributed by atoms with Crippen LogP contribution in [0.3, 0.4) is 0 Å². The summed E-state index contributed by atoms with van der Waals surface area (Å²) in [5.41, 5.74) is 5.17. The maximum Gasteiger partial charge on any atom is 0.320 e. The predicted molar refractivity (Wildman–Crippen MR) is 42.2 cm³/mol. The fourth-order valence-corrected chi connectivity index (χ4v) is 0.880. The van der Waals surface area contributed by atoms with Crippen molar-refractivity contribution >= 4 is 0 Å². The molecule has 2 N–H and O–H groups in total. The summed E-state index contributed by atoms with van der Waals surface area (Å²) < 4.78 is 30.2. The lowest BCUT2D eigenvalue weighted by Crippen LogP contribution is -2.11.